The van der Waals surface area contributed by atoms with E-state index in [0.29, 0.717) is 13.1 Å². The van der Waals surface area contributed by atoms with Gasteiger partial charge in [0.25, 0.3) is 0 Å². The maximum atomic E-state index is 11.9. The Bertz CT molecular complexity index is 281. The van der Waals surface area contributed by atoms with Gasteiger partial charge in [-0.2, -0.15) is 0 Å². The van der Waals surface area contributed by atoms with Gasteiger partial charge >= 0.3 is 7.82 Å². The van der Waals surface area contributed by atoms with Crippen molar-refractivity contribution in [3.63, 3.8) is 0 Å². The molecule has 0 aliphatic rings. The first kappa shape index (κ1) is 17.8. The summed E-state index contributed by atoms with van der Waals surface area (Å²) < 4.78 is 26.4. The molecule has 0 N–H and O–H groups in total. The Balaban J connectivity index is 4.30. The predicted octanol–water partition coefficient (Wildman–Crippen LogP) is 3.05. The van der Waals surface area contributed by atoms with Gasteiger partial charge in [-0.3, -0.25) is 13.6 Å². The second kappa shape index (κ2) is 8.80. The Labute approximate surface area is 109 Å². The molecule has 0 aliphatic heterocycles. The van der Waals surface area contributed by atoms with Gasteiger partial charge in [0.15, 0.2) is 0 Å². The highest BCUT2D eigenvalue weighted by atomic mass is 31.2. The third-order valence-electron chi connectivity index (χ3n) is 2.35. The van der Waals surface area contributed by atoms with E-state index in [2.05, 4.69) is 0 Å². The molecule has 0 atom stereocenters. The summed E-state index contributed by atoms with van der Waals surface area (Å²) in [5.74, 6) is 0. The quantitative estimate of drug-likeness (QED) is 0.350. The summed E-state index contributed by atoms with van der Waals surface area (Å²) in [6.45, 7) is 8.44. The fourth-order valence-electron chi connectivity index (χ4n) is 1.23. The number of phosphoric ester groups is 1. The molecule has 6 nitrogen and oxygen atoms in total. The molecule has 0 amide bonds. The van der Waals surface area contributed by atoms with Gasteiger partial charge in [0, 0.05) is 0 Å². The number of hydrogen-bond acceptors (Lipinski definition) is 5. The van der Waals surface area contributed by atoms with Crippen molar-refractivity contribution in [2.24, 2.45) is 0 Å². The minimum absolute atomic E-state index is 0.0273. The molecule has 7 heteroatoms. The van der Waals surface area contributed by atoms with Crippen LogP contribution in [0.2, 0.25) is 0 Å². The first-order valence-corrected chi connectivity index (χ1v) is 7.70. The Morgan fingerprint density at radius 1 is 1.06 bits per heavy atom. The van der Waals surface area contributed by atoms with Gasteiger partial charge in [-0.05, 0) is 33.8 Å². The van der Waals surface area contributed by atoms with E-state index in [1.807, 2.05) is 13.8 Å². The molecular formula is C11H24NO5P. The van der Waals surface area contributed by atoms with E-state index in [1.54, 1.807) is 19.9 Å². The molecule has 0 saturated carbocycles. The first-order valence-electron chi connectivity index (χ1n) is 6.24. The number of hydrogen-bond donors (Lipinski definition) is 0. The summed E-state index contributed by atoms with van der Waals surface area (Å²) in [6.07, 6.45) is 3.03. The van der Waals surface area contributed by atoms with Gasteiger partial charge in [0.2, 0.25) is 0 Å². The average molecular weight is 281 g/mol. The van der Waals surface area contributed by atoms with Crippen molar-refractivity contribution in [2.75, 3.05) is 32.9 Å². The standard InChI is InChI=1S/C11H24NO5P/c1-5-12(13,6-2)10-9-11-17-18(14,15-7-3)16-8-4/h9-10H,5-8,11H2,1-4H3/b10-9+. The van der Waals surface area contributed by atoms with Crippen LogP contribution in [0.25, 0.3) is 0 Å². The second-order valence-corrected chi connectivity index (χ2v) is 5.22. The van der Waals surface area contributed by atoms with E-state index < -0.39 is 12.5 Å². The molecule has 0 aromatic heterocycles. The average Bonchev–Trinajstić information content (AvgIpc) is 2.35. The summed E-state index contributed by atoms with van der Waals surface area (Å²) in [7, 11) is -3.48. The van der Waals surface area contributed by atoms with Gasteiger partial charge in [-0.1, -0.05) is 0 Å². The normalized spacial score (nSPS) is 13.4. The van der Waals surface area contributed by atoms with Crippen LogP contribution in [0.4, 0.5) is 0 Å². The molecule has 108 valence electrons. The van der Waals surface area contributed by atoms with Crippen LogP contribution in [0.5, 0.6) is 0 Å². The minimum atomic E-state index is -3.48. The lowest BCUT2D eigenvalue weighted by Gasteiger charge is -2.36. The van der Waals surface area contributed by atoms with Crippen LogP contribution < -0.4 is 0 Å². The Kier molecular flexibility index (Phi) is 8.69. The highest BCUT2D eigenvalue weighted by molar-refractivity contribution is 7.48. The van der Waals surface area contributed by atoms with Crippen molar-refractivity contribution in [1.82, 2.24) is 0 Å². The van der Waals surface area contributed by atoms with Crippen LogP contribution in [0.15, 0.2) is 12.3 Å². The lowest BCUT2D eigenvalue weighted by Crippen LogP contribution is -2.35. The SMILES string of the molecule is CCOP(=O)(OCC)OC/C=C/[N+]([O-])(CC)CC. The molecule has 0 aliphatic carbocycles. The highest BCUT2D eigenvalue weighted by Gasteiger charge is 2.24. The maximum Gasteiger partial charge on any atom is 0.475 e. The van der Waals surface area contributed by atoms with Gasteiger partial charge in [-0.25, -0.2) is 4.57 Å². The molecular weight excluding hydrogens is 257 g/mol. The monoisotopic (exact) mass is 281 g/mol. The van der Waals surface area contributed by atoms with E-state index in [0.717, 1.165) is 0 Å². The molecule has 0 heterocycles. The fourth-order valence-corrected chi connectivity index (χ4v) is 2.36. The molecule has 0 bridgehead atoms. The Hall–Kier alpha value is -0.230. The number of quaternary nitrogens is 1. The summed E-state index contributed by atoms with van der Waals surface area (Å²) in [6, 6.07) is 0. The molecule has 0 saturated heterocycles. The van der Waals surface area contributed by atoms with E-state index in [9.17, 15) is 9.77 Å². The zero-order valence-corrected chi connectivity index (χ0v) is 12.5. The van der Waals surface area contributed by atoms with Gasteiger partial charge in [-0.15, -0.1) is 0 Å². The van der Waals surface area contributed by atoms with E-state index in [4.69, 9.17) is 13.6 Å². The summed E-state index contributed by atoms with van der Waals surface area (Å²) in [4.78, 5) is 0. The van der Waals surface area contributed by atoms with E-state index >= 15 is 0 Å². The first-order chi connectivity index (χ1) is 8.45. The van der Waals surface area contributed by atoms with Gasteiger partial charge in [0.1, 0.15) is 0 Å². The number of nitrogens with zero attached hydrogens (tertiary/aromatic N) is 1. The molecule has 0 radical (unpaired) electrons. The van der Waals surface area contributed by atoms with Crippen molar-refractivity contribution < 1.29 is 22.8 Å². The number of phosphoric acid groups is 1. The van der Waals surface area contributed by atoms with E-state index in [1.165, 1.54) is 6.20 Å². The van der Waals surface area contributed by atoms with Crippen LogP contribution in [0, 0.1) is 5.21 Å². The van der Waals surface area contributed by atoms with E-state index in [-0.39, 0.29) is 19.8 Å². The largest absolute Gasteiger partial charge is 0.628 e. The maximum absolute atomic E-state index is 11.9. The lowest BCUT2D eigenvalue weighted by atomic mass is 10.5. The topological polar surface area (TPSA) is 67.8 Å². The number of rotatable bonds is 10. The minimum Gasteiger partial charge on any atom is -0.628 e. The van der Waals surface area contributed by atoms with Crippen molar-refractivity contribution in [3.8, 4) is 0 Å². The summed E-state index contributed by atoms with van der Waals surface area (Å²) in [5, 5.41) is 11.9. The van der Waals surface area contributed by atoms with Crippen molar-refractivity contribution >= 4 is 7.82 Å². The highest BCUT2D eigenvalue weighted by Crippen LogP contribution is 2.49. The Morgan fingerprint density at radius 2 is 1.56 bits per heavy atom. The Morgan fingerprint density at radius 3 is 1.94 bits per heavy atom. The van der Waals surface area contributed by atoms with Crippen LogP contribution in [0.1, 0.15) is 27.7 Å². The third-order valence-corrected chi connectivity index (χ3v) is 3.97. The van der Waals surface area contributed by atoms with Crippen LogP contribution in [-0.2, 0) is 18.1 Å². The molecule has 0 aromatic rings. The van der Waals surface area contributed by atoms with Gasteiger partial charge in [0.05, 0.1) is 39.1 Å². The molecule has 0 aromatic carbocycles. The fraction of sp³-hybridized carbons (Fsp3) is 0.818. The predicted molar refractivity (Wildman–Crippen MR) is 70.7 cm³/mol. The molecule has 0 spiro atoms. The molecule has 0 unspecified atom stereocenters. The van der Waals surface area contributed by atoms with Gasteiger partial charge < -0.3 is 9.85 Å². The molecule has 18 heavy (non-hydrogen) atoms. The molecule has 0 rings (SSSR count). The molecule has 0 fully saturated rings. The van der Waals surface area contributed by atoms with Crippen LogP contribution in [0.3, 0.4) is 0 Å². The lowest BCUT2D eigenvalue weighted by molar-refractivity contribution is -0.825. The van der Waals surface area contributed by atoms with Crippen molar-refractivity contribution in [3.05, 3.63) is 17.5 Å². The smallest absolute Gasteiger partial charge is 0.475 e. The summed E-state index contributed by atoms with van der Waals surface area (Å²) in [5.41, 5.74) is 0. The zero-order chi connectivity index (χ0) is 14.1. The third kappa shape index (κ3) is 6.64. The summed E-state index contributed by atoms with van der Waals surface area (Å²) >= 11 is 0. The van der Waals surface area contributed by atoms with Crippen LogP contribution >= 0.6 is 7.82 Å². The van der Waals surface area contributed by atoms with Crippen molar-refractivity contribution in [2.45, 2.75) is 27.7 Å². The van der Waals surface area contributed by atoms with Crippen molar-refractivity contribution in [1.29, 1.82) is 0 Å². The zero-order valence-electron chi connectivity index (χ0n) is 11.6. The second-order valence-electron chi connectivity index (χ2n) is 3.55. The number of hydroxylamine groups is 3. The van der Waals surface area contributed by atoms with Crippen LogP contribution in [-0.4, -0.2) is 37.6 Å².